The predicted octanol–water partition coefficient (Wildman–Crippen LogP) is 3.28. The van der Waals surface area contributed by atoms with E-state index in [9.17, 15) is 9.18 Å². The third-order valence-corrected chi connectivity index (χ3v) is 3.83. The number of rotatable bonds is 8. The standard InChI is InChI=1S/C20H25FN2O2/c1-4-25-18-9-7-16(8-10-18)13-23(3)14-20(24)22-12-17-6-5-15(2)19(21)11-17/h5-11H,4,12-14H2,1-3H3,(H,22,24). The molecule has 0 saturated heterocycles. The van der Waals surface area contributed by atoms with E-state index in [0.29, 0.717) is 25.3 Å². The average Bonchev–Trinajstić information content (AvgIpc) is 2.58. The van der Waals surface area contributed by atoms with Gasteiger partial charge in [-0.3, -0.25) is 9.69 Å². The first-order chi connectivity index (χ1) is 12.0. The summed E-state index contributed by atoms with van der Waals surface area (Å²) in [5.74, 6) is 0.505. The maximum atomic E-state index is 13.5. The van der Waals surface area contributed by atoms with Gasteiger partial charge in [-0.2, -0.15) is 0 Å². The number of nitrogens with one attached hydrogen (secondary N) is 1. The van der Waals surface area contributed by atoms with Gasteiger partial charge in [0.15, 0.2) is 0 Å². The summed E-state index contributed by atoms with van der Waals surface area (Å²) in [6.07, 6.45) is 0. The van der Waals surface area contributed by atoms with E-state index in [4.69, 9.17) is 4.74 Å². The first kappa shape index (κ1) is 18.9. The van der Waals surface area contributed by atoms with Crippen molar-refractivity contribution >= 4 is 5.91 Å². The lowest BCUT2D eigenvalue weighted by Crippen LogP contribution is -2.34. The molecule has 0 fully saturated rings. The van der Waals surface area contributed by atoms with Gasteiger partial charge in [0.1, 0.15) is 11.6 Å². The van der Waals surface area contributed by atoms with Crippen LogP contribution in [0.3, 0.4) is 0 Å². The van der Waals surface area contributed by atoms with E-state index in [0.717, 1.165) is 16.9 Å². The van der Waals surface area contributed by atoms with Crippen LogP contribution in [0.15, 0.2) is 42.5 Å². The molecule has 0 aliphatic heterocycles. The summed E-state index contributed by atoms with van der Waals surface area (Å²) in [5.41, 5.74) is 2.47. The lowest BCUT2D eigenvalue weighted by molar-refractivity contribution is -0.122. The molecule has 2 aromatic rings. The molecular weight excluding hydrogens is 319 g/mol. The van der Waals surface area contributed by atoms with Gasteiger partial charge < -0.3 is 10.1 Å². The second-order valence-electron chi connectivity index (χ2n) is 6.11. The Morgan fingerprint density at radius 2 is 1.84 bits per heavy atom. The largest absolute Gasteiger partial charge is 0.494 e. The van der Waals surface area contributed by atoms with Crippen LogP contribution in [-0.2, 0) is 17.9 Å². The van der Waals surface area contributed by atoms with Crippen LogP contribution in [0.25, 0.3) is 0 Å². The zero-order valence-electron chi connectivity index (χ0n) is 15.0. The number of hydrogen-bond donors (Lipinski definition) is 1. The van der Waals surface area contributed by atoms with Gasteiger partial charge >= 0.3 is 0 Å². The fourth-order valence-corrected chi connectivity index (χ4v) is 2.47. The highest BCUT2D eigenvalue weighted by Gasteiger charge is 2.08. The number of benzene rings is 2. The summed E-state index contributed by atoms with van der Waals surface area (Å²) < 4.78 is 18.9. The van der Waals surface area contributed by atoms with Crippen molar-refractivity contribution < 1.29 is 13.9 Å². The fourth-order valence-electron chi connectivity index (χ4n) is 2.47. The maximum absolute atomic E-state index is 13.5. The number of aryl methyl sites for hydroxylation is 1. The number of carbonyl (C=O) groups is 1. The van der Waals surface area contributed by atoms with Gasteiger partial charge in [0, 0.05) is 13.1 Å². The summed E-state index contributed by atoms with van der Waals surface area (Å²) in [5, 5.41) is 2.82. The smallest absolute Gasteiger partial charge is 0.234 e. The predicted molar refractivity (Wildman–Crippen MR) is 96.9 cm³/mol. The minimum absolute atomic E-state index is 0.0885. The van der Waals surface area contributed by atoms with Crippen LogP contribution in [0.1, 0.15) is 23.6 Å². The van der Waals surface area contributed by atoms with Crippen LogP contribution >= 0.6 is 0 Å². The highest BCUT2D eigenvalue weighted by atomic mass is 19.1. The Kier molecular flexibility index (Phi) is 6.95. The second-order valence-corrected chi connectivity index (χ2v) is 6.11. The van der Waals surface area contributed by atoms with Gasteiger partial charge in [-0.25, -0.2) is 4.39 Å². The van der Waals surface area contributed by atoms with Crippen molar-refractivity contribution in [1.29, 1.82) is 0 Å². The third kappa shape index (κ3) is 6.19. The Hall–Kier alpha value is -2.40. The molecule has 0 saturated carbocycles. The molecule has 1 amide bonds. The van der Waals surface area contributed by atoms with Crippen molar-refractivity contribution in [1.82, 2.24) is 10.2 Å². The molecule has 25 heavy (non-hydrogen) atoms. The van der Waals surface area contributed by atoms with Crippen molar-refractivity contribution in [3.8, 4) is 5.75 Å². The van der Waals surface area contributed by atoms with E-state index in [1.807, 2.05) is 49.2 Å². The first-order valence-electron chi connectivity index (χ1n) is 8.40. The summed E-state index contributed by atoms with van der Waals surface area (Å²) in [4.78, 5) is 14.0. The molecule has 0 bridgehead atoms. The van der Waals surface area contributed by atoms with Crippen molar-refractivity contribution in [3.05, 3.63) is 65.0 Å². The first-order valence-corrected chi connectivity index (χ1v) is 8.40. The van der Waals surface area contributed by atoms with E-state index in [2.05, 4.69) is 5.32 Å². The van der Waals surface area contributed by atoms with Gasteiger partial charge in [-0.05, 0) is 55.8 Å². The Balaban J connectivity index is 1.78. The monoisotopic (exact) mass is 344 g/mol. The summed E-state index contributed by atoms with van der Waals surface area (Å²) >= 11 is 0. The molecule has 0 radical (unpaired) electrons. The molecule has 0 atom stereocenters. The molecule has 0 aliphatic carbocycles. The molecule has 134 valence electrons. The fraction of sp³-hybridized carbons (Fsp3) is 0.350. The molecule has 2 aromatic carbocycles. The third-order valence-electron chi connectivity index (χ3n) is 3.83. The van der Waals surface area contributed by atoms with Crippen molar-refractivity contribution in [2.75, 3.05) is 20.2 Å². The van der Waals surface area contributed by atoms with E-state index < -0.39 is 0 Å². The van der Waals surface area contributed by atoms with Crippen LogP contribution in [0.2, 0.25) is 0 Å². The molecule has 0 heterocycles. The van der Waals surface area contributed by atoms with Gasteiger partial charge in [0.25, 0.3) is 0 Å². The Labute approximate surface area is 148 Å². The summed E-state index contributed by atoms with van der Waals surface area (Å²) in [6.45, 7) is 5.58. The number of carbonyl (C=O) groups excluding carboxylic acids is 1. The van der Waals surface area contributed by atoms with Crippen molar-refractivity contribution in [3.63, 3.8) is 0 Å². The SMILES string of the molecule is CCOc1ccc(CN(C)CC(=O)NCc2ccc(C)c(F)c2)cc1. The van der Waals surface area contributed by atoms with E-state index in [-0.39, 0.29) is 18.3 Å². The Morgan fingerprint density at radius 1 is 1.16 bits per heavy atom. The zero-order valence-corrected chi connectivity index (χ0v) is 15.0. The second kappa shape index (κ2) is 9.18. The zero-order chi connectivity index (χ0) is 18.2. The summed E-state index contributed by atoms with van der Waals surface area (Å²) in [7, 11) is 1.89. The van der Waals surface area contributed by atoms with Gasteiger partial charge in [0.05, 0.1) is 13.2 Å². The molecule has 2 rings (SSSR count). The highest BCUT2D eigenvalue weighted by Crippen LogP contribution is 2.13. The molecule has 4 nitrogen and oxygen atoms in total. The number of amides is 1. The minimum Gasteiger partial charge on any atom is -0.494 e. The number of likely N-dealkylation sites (N-methyl/N-ethyl adjacent to an activating group) is 1. The quantitative estimate of drug-likeness (QED) is 0.799. The van der Waals surface area contributed by atoms with E-state index in [1.165, 1.54) is 6.07 Å². The topological polar surface area (TPSA) is 41.6 Å². The van der Waals surface area contributed by atoms with E-state index in [1.54, 1.807) is 13.0 Å². The van der Waals surface area contributed by atoms with Crippen LogP contribution < -0.4 is 10.1 Å². The molecule has 1 N–H and O–H groups in total. The Morgan fingerprint density at radius 3 is 2.48 bits per heavy atom. The number of nitrogens with zero attached hydrogens (tertiary/aromatic N) is 1. The molecule has 0 aliphatic rings. The summed E-state index contributed by atoms with van der Waals surface area (Å²) in [6, 6.07) is 12.8. The molecular formula is C20H25FN2O2. The number of halogens is 1. The molecule has 0 aromatic heterocycles. The molecule has 5 heteroatoms. The normalized spacial score (nSPS) is 10.8. The number of ether oxygens (including phenoxy) is 1. The van der Waals surface area contributed by atoms with Gasteiger partial charge in [-0.15, -0.1) is 0 Å². The molecule has 0 unspecified atom stereocenters. The average molecular weight is 344 g/mol. The maximum Gasteiger partial charge on any atom is 0.234 e. The van der Waals surface area contributed by atoms with Crippen LogP contribution in [0.4, 0.5) is 4.39 Å². The van der Waals surface area contributed by atoms with E-state index >= 15 is 0 Å². The lowest BCUT2D eigenvalue weighted by atomic mass is 10.1. The van der Waals surface area contributed by atoms with Crippen LogP contribution in [-0.4, -0.2) is 31.0 Å². The van der Waals surface area contributed by atoms with Crippen LogP contribution in [0.5, 0.6) is 5.75 Å². The molecule has 0 spiro atoms. The number of hydrogen-bond acceptors (Lipinski definition) is 3. The van der Waals surface area contributed by atoms with Gasteiger partial charge in [-0.1, -0.05) is 24.3 Å². The lowest BCUT2D eigenvalue weighted by Gasteiger charge is -2.17. The minimum atomic E-state index is -0.251. The Bertz CT molecular complexity index is 701. The van der Waals surface area contributed by atoms with Gasteiger partial charge in [0.2, 0.25) is 5.91 Å². The van der Waals surface area contributed by atoms with Crippen LogP contribution in [0, 0.1) is 12.7 Å². The van der Waals surface area contributed by atoms with Crippen molar-refractivity contribution in [2.45, 2.75) is 26.9 Å². The highest BCUT2D eigenvalue weighted by molar-refractivity contribution is 5.77. The van der Waals surface area contributed by atoms with Crippen molar-refractivity contribution in [2.24, 2.45) is 0 Å².